The fraction of sp³-hybridized carbons (Fsp3) is 0.492. The number of aromatic nitrogens is 2. The summed E-state index contributed by atoms with van der Waals surface area (Å²) < 4.78 is 18.0. The summed E-state index contributed by atoms with van der Waals surface area (Å²) in [5.41, 5.74) is 10.1. The van der Waals surface area contributed by atoms with Gasteiger partial charge in [-0.2, -0.15) is 0 Å². The summed E-state index contributed by atoms with van der Waals surface area (Å²) in [6, 6.07) is 16.5. The van der Waals surface area contributed by atoms with Crippen molar-refractivity contribution in [3.63, 3.8) is 0 Å². The van der Waals surface area contributed by atoms with Crippen LogP contribution in [0.1, 0.15) is 142 Å². The van der Waals surface area contributed by atoms with Crippen molar-refractivity contribution in [2.24, 2.45) is 17.1 Å². The van der Waals surface area contributed by atoms with Crippen LogP contribution in [0.15, 0.2) is 78.3 Å². The first-order chi connectivity index (χ1) is 41.6. The van der Waals surface area contributed by atoms with Crippen molar-refractivity contribution in [2.45, 2.75) is 168 Å². The molecule has 25 heteroatoms. The maximum absolute atomic E-state index is 14.6. The number of hydrogen-bond acceptors (Lipinski definition) is 14. The average Bonchev–Trinajstić information content (AvgIpc) is 2.81. The van der Waals surface area contributed by atoms with Crippen LogP contribution in [-0.2, 0) is 62.4 Å². The minimum Gasteiger partial charge on any atom is -0.391 e. The molecular weight excluding hydrogens is 1170 g/mol. The fourth-order valence-corrected chi connectivity index (χ4v) is 13.2. The summed E-state index contributed by atoms with van der Waals surface area (Å²) in [5.74, 6) is -3.95. The van der Waals surface area contributed by atoms with E-state index in [-0.39, 0.29) is 99.7 Å². The fourth-order valence-electron chi connectivity index (χ4n) is 11.9. The minimum atomic E-state index is -5.08. The Bertz CT molecular complexity index is 3450. The zero-order chi connectivity index (χ0) is 63.8. The van der Waals surface area contributed by atoms with Gasteiger partial charge >= 0.3 is 7.60 Å². The predicted molar refractivity (Wildman–Crippen MR) is 328 cm³/mol. The first kappa shape index (κ1) is 66.5. The number of carbonyl (C=O) groups is 9. The number of β-amino-alcohol motifs (C(OH)–C–C–N with tert-alkyl or cyclic N) is 1. The van der Waals surface area contributed by atoms with E-state index in [4.69, 9.17) is 10.5 Å². The number of Topliss-reactive ketones (excluding diaryl/α,β-unsaturated/α-hetero) is 1. The highest BCUT2D eigenvalue weighted by Gasteiger charge is 2.47. The number of aliphatic hydroxyl groups excluding tert-OH is 1. The van der Waals surface area contributed by atoms with Crippen molar-refractivity contribution in [1.29, 1.82) is 0 Å². The monoisotopic (exact) mass is 1250 g/mol. The molecule has 3 fully saturated rings. The number of nitrogens with two attached hydrogens (primary N) is 1. The lowest BCUT2D eigenvalue weighted by molar-refractivity contribution is -0.145. The van der Waals surface area contributed by atoms with Crippen LogP contribution in [0.4, 0.5) is 0 Å². The SMILES string of the molecule is CC(=O)N1CC[C@H]2CC[C@@H](C(=O)C[C@@H](CCC(N)=O)[C@@H](C)OCc3ccc(CCCCC(=O)N[C@H](C(=O)N4C[C@H](O)C[C@H]4C(=O)NCc4ccc(-c5scnc5C)cc4)C(C)(C)C)cc3)N2C(=O)[C@@H](NC(=O)c2cc3cc(C(=O)P(=O)(O)O)ccc3[nH]2)C1. The molecule has 8 rings (SSSR count). The van der Waals surface area contributed by atoms with Gasteiger partial charge in [-0.25, -0.2) is 4.98 Å². The standard InChI is InChI=1S/C63H80N9O14PS/c1-36-56(88-35-66-36)42-17-15-40(16-18-42)31-65-59(79)52-30-47(74)32-71(52)61(81)57(63(4,5)6)69-55(77)10-8-7-9-39-11-13-41(14-12-39)34-86-37(2)43(20-24-54(64)76)29-53(75)51-23-21-46-25-26-70(38(3)73)33-50(60(80)72(46)51)68-58(78)49-28-45-27-44(19-22-48(45)67-49)62(82)87(83,84)85/h11-19,22,27-28,35,37,43,46-47,50-52,57,67,74H,7-10,20-21,23-26,29-34H2,1-6H3,(H2,64,76)(H,65,79)(H,68,78)(H,69,77)(H2,83,84,85)/t37-,43-,46-,47-,50+,51+,52+,57-/m1/s1. The summed E-state index contributed by atoms with van der Waals surface area (Å²) in [7, 11) is -5.08. The topological polar surface area (TPSA) is 341 Å². The Labute approximate surface area is 515 Å². The van der Waals surface area contributed by atoms with Crippen LogP contribution in [0.2, 0.25) is 0 Å². The van der Waals surface area contributed by atoms with E-state index in [0.717, 1.165) is 32.8 Å². The largest absolute Gasteiger partial charge is 0.396 e. The number of hydrogen-bond donors (Lipinski definition) is 8. The van der Waals surface area contributed by atoms with Gasteiger partial charge in [0.05, 0.1) is 40.9 Å². The quantitative estimate of drug-likeness (QED) is 0.0261. The Morgan fingerprint density at radius 1 is 0.898 bits per heavy atom. The van der Waals surface area contributed by atoms with E-state index in [1.165, 1.54) is 45.9 Å². The third kappa shape index (κ3) is 16.8. The van der Waals surface area contributed by atoms with Crippen molar-refractivity contribution in [3.05, 3.63) is 112 Å². The average molecular weight is 1250 g/mol. The van der Waals surface area contributed by atoms with Crippen LogP contribution in [0, 0.1) is 18.3 Å². The predicted octanol–water partition coefficient (Wildman–Crippen LogP) is 5.60. The van der Waals surface area contributed by atoms with E-state index in [1.54, 1.807) is 16.8 Å². The van der Waals surface area contributed by atoms with Gasteiger partial charge in [0.2, 0.25) is 35.4 Å². The molecule has 3 saturated heterocycles. The van der Waals surface area contributed by atoms with Crippen LogP contribution < -0.4 is 21.7 Å². The van der Waals surface area contributed by atoms with Gasteiger partial charge in [0.15, 0.2) is 5.78 Å². The Morgan fingerprint density at radius 3 is 2.26 bits per heavy atom. The molecule has 0 unspecified atom stereocenters. The molecule has 23 nitrogen and oxygen atoms in total. The van der Waals surface area contributed by atoms with Crippen molar-refractivity contribution in [3.8, 4) is 10.4 Å². The number of unbranched alkanes of at least 4 members (excludes halogenated alkanes) is 1. The highest BCUT2D eigenvalue weighted by Crippen LogP contribution is 2.40. The van der Waals surface area contributed by atoms with Crippen LogP contribution >= 0.6 is 18.9 Å². The number of ether oxygens (including phenoxy) is 1. The number of aliphatic hydroxyl groups is 1. The van der Waals surface area contributed by atoms with E-state index in [9.17, 15) is 62.6 Å². The molecule has 8 atom stereocenters. The van der Waals surface area contributed by atoms with E-state index < -0.39 is 90.5 Å². The van der Waals surface area contributed by atoms with Crippen LogP contribution in [-0.4, -0.2) is 154 Å². The molecule has 2 aromatic heterocycles. The molecule has 3 aliphatic heterocycles. The molecule has 3 aliphatic rings. The Kier molecular flexibility index (Phi) is 21.7. The maximum Gasteiger partial charge on any atom is 0.396 e. The zero-order valence-corrected chi connectivity index (χ0v) is 52.2. The summed E-state index contributed by atoms with van der Waals surface area (Å²) in [6.07, 6.45) is 2.14. The second kappa shape index (κ2) is 28.8. The second-order valence-corrected chi connectivity index (χ2v) is 26.9. The summed E-state index contributed by atoms with van der Waals surface area (Å²) in [4.78, 5) is 153. The molecule has 5 aromatic rings. The van der Waals surface area contributed by atoms with Gasteiger partial charge in [0.25, 0.3) is 11.4 Å². The number of aromatic amines is 1. The number of nitrogens with zero attached hydrogens (tertiary/aromatic N) is 4. The Balaban J connectivity index is 0.813. The first-order valence-electron chi connectivity index (χ1n) is 29.8. The van der Waals surface area contributed by atoms with Crippen molar-refractivity contribution in [1.82, 2.24) is 40.6 Å². The highest BCUT2D eigenvalue weighted by molar-refractivity contribution is 7.70. The normalized spacial score (nSPS) is 19.9. The molecule has 0 spiro atoms. The molecule has 0 radical (unpaired) electrons. The number of fused-ring (bicyclic) bond motifs is 2. The van der Waals surface area contributed by atoms with Crippen molar-refractivity contribution >= 4 is 82.5 Å². The summed E-state index contributed by atoms with van der Waals surface area (Å²) in [5, 5.41) is 19.6. The van der Waals surface area contributed by atoms with E-state index in [0.29, 0.717) is 49.4 Å². The van der Waals surface area contributed by atoms with Gasteiger partial charge in [-0.15, -0.1) is 11.3 Å². The Hall–Kier alpha value is -7.47. The van der Waals surface area contributed by atoms with Gasteiger partial charge in [-0.05, 0) is 117 Å². The van der Waals surface area contributed by atoms with Crippen LogP contribution in [0.25, 0.3) is 21.3 Å². The van der Waals surface area contributed by atoms with Gasteiger partial charge in [0, 0.05) is 81.3 Å². The number of likely N-dealkylation sites (tertiary alicyclic amines) is 1. The van der Waals surface area contributed by atoms with E-state index in [1.807, 2.05) is 83.1 Å². The second-order valence-electron chi connectivity index (χ2n) is 24.5. The number of primary amides is 1. The molecule has 0 aliphatic carbocycles. The molecule has 3 aromatic carbocycles. The molecule has 88 heavy (non-hydrogen) atoms. The number of thiazole rings is 1. The van der Waals surface area contributed by atoms with Crippen LogP contribution in [0.5, 0.6) is 0 Å². The minimum absolute atomic E-state index is 0.00581. The number of rotatable bonds is 25. The molecule has 0 bridgehead atoms. The van der Waals surface area contributed by atoms with Crippen molar-refractivity contribution < 1.29 is 67.3 Å². The van der Waals surface area contributed by atoms with E-state index >= 15 is 0 Å². The Morgan fingerprint density at radius 2 is 1.60 bits per heavy atom. The van der Waals surface area contributed by atoms with Gasteiger partial charge in [0.1, 0.15) is 23.8 Å². The lowest BCUT2D eigenvalue weighted by Gasteiger charge is -2.38. The molecule has 5 heterocycles. The van der Waals surface area contributed by atoms with Gasteiger partial charge in [-0.3, -0.25) is 47.7 Å². The lowest BCUT2D eigenvalue weighted by atomic mass is 9.85. The van der Waals surface area contributed by atoms with Gasteiger partial charge in [-0.1, -0.05) is 69.3 Å². The van der Waals surface area contributed by atoms with E-state index in [2.05, 4.69) is 25.9 Å². The molecule has 0 saturated carbocycles. The third-order valence-electron chi connectivity index (χ3n) is 16.9. The van der Waals surface area contributed by atoms with Crippen LogP contribution in [0.3, 0.4) is 0 Å². The van der Waals surface area contributed by atoms with Gasteiger partial charge < -0.3 is 61.0 Å². The third-order valence-corrected chi connectivity index (χ3v) is 18.7. The zero-order valence-electron chi connectivity index (χ0n) is 50.5. The summed E-state index contributed by atoms with van der Waals surface area (Å²) >= 11 is 1.56. The molecular formula is C63H80N9O14PS. The molecule has 7 amide bonds. The first-order valence-corrected chi connectivity index (χ1v) is 32.3. The summed E-state index contributed by atoms with van der Waals surface area (Å²) in [6.45, 7) is 11.2. The highest BCUT2D eigenvalue weighted by atomic mass is 32.1. The number of amides is 7. The number of ketones is 1. The number of benzene rings is 3. The molecule has 472 valence electrons. The smallest absolute Gasteiger partial charge is 0.391 e. The number of carbonyl (C=O) groups excluding carboxylic acids is 9. The maximum atomic E-state index is 14.6. The lowest BCUT2D eigenvalue weighted by Crippen LogP contribution is -2.60. The number of aryl methyl sites for hydroxylation is 2. The molecule has 9 N–H and O–H groups in total. The van der Waals surface area contributed by atoms with Crippen molar-refractivity contribution in [2.75, 3.05) is 19.6 Å². The number of H-pyrrole nitrogens is 1. The number of nitrogens with one attached hydrogen (secondary N) is 4.